The number of nitrogens with zero attached hydrogens (tertiary/aromatic N) is 5. The van der Waals surface area contributed by atoms with E-state index < -0.39 is 0 Å². The van der Waals surface area contributed by atoms with Crippen LogP contribution < -0.4 is 0 Å². The molecule has 0 N–H and O–H groups in total. The maximum absolute atomic E-state index is 11.4. The third-order valence-electron chi connectivity index (χ3n) is 6.51. The molecule has 6 heteroatoms. The van der Waals surface area contributed by atoms with Gasteiger partial charge in [0, 0.05) is 50.9 Å². The Hall–Kier alpha value is -2.31. The molecule has 30 heavy (non-hydrogen) atoms. The Balaban J connectivity index is 1.36. The van der Waals surface area contributed by atoms with Gasteiger partial charge in [-0.1, -0.05) is 24.3 Å². The van der Waals surface area contributed by atoms with Gasteiger partial charge in [-0.3, -0.25) is 14.6 Å². The smallest absolute Gasteiger partial charge is 0.210 e. The zero-order valence-electron chi connectivity index (χ0n) is 18.2. The third-order valence-corrected chi connectivity index (χ3v) is 6.51. The molecule has 0 bridgehead atoms. The first-order valence-corrected chi connectivity index (χ1v) is 11.2. The van der Waals surface area contributed by atoms with Gasteiger partial charge < -0.3 is 4.90 Å². The molecule has 2 fully saturated rings. The van der Waals surface area contributed by atoms with Crippen LogP contribution in [0.25, 0.3) is 11.3 Å². The highest BCUT2D eigenvalue weighted by molar-refractivity contribution is 5.59. The first-order valence-electron chi connectivity index (χ1n) is 11.2. The van der Waals surface area contributed by atoms with Crippen LogP contribution in [-0.4, -0.2) is 70.1 Å². The van der Waals surface area contributed by atoms with Gasteiger partial charge in [0.25, 0.3) is 0 Å². The molecule has 1 amide bonds. The molecule has 4 rings (SSSR count). The summed E-state index contributed by atoms with van der Waals surface area (Å²) in [6, 6.07) is 13.5. The first kappa shape index (κ1) is 20.9. The molecule has 1 aromatic carbocycles. The third kappa shape index (κ3) is 4.87. The van der Waals surface area contributed by atoms with Gasteiger partial charge in [-0.15, -0.1) is 0 Å². The number of aromatic nitrogens is 2. The van der Waals surface area contributed by atoms with Crippen molar-refractivity contribution in [3.63, 3.8) is 0 Å². The van der Waals surface area contributed by atoms with E-state index in [0.717, 1.165) is 75.5 Å². The molecule has 0 radical (unpaired) electrons. The fourth-order valence-electron chi connectivity index (χ4n) is 4.58. The van der Waals surface area contributed by atoms with Crippen molar-refractivity contribution >= 4 is 6.41 Å². The summed E-state index contributed by atoms with van der Waals surface area (Å²) >= 11 is 0. The number of piperidine rings is 1. The van der Waals surface area contributed by atoms with Gasteiger partial charge in [0.1, 0.15) is 0 Å². The molecule has 0 saturated carbocycles. The van der Waals surface area contributed by atoms with Gasteiger partial charge in [0.15, 0.2) is 0 Å². The van der Waals surface area contributed by atoms with Crippen LogP contribution in [-0.2, 0) is 11.3 Å². The summed E-state index contributed by atoms with van der Waals surface area (Å²) in [5.41, 5.74) is 4.19. The van der Waals surface area contributed by atoms with Gasteiger partial charge in [-0.05, 0) is 50.8 Å². The van der Waals surface area contributed by atoms with E-state index in [4.69, 9.17) is 0 Å². The van der Waals surface area contributed by atoms with Crippen LogP contribution in [0.1, 0.15) is 50.4 Å². The highest BCUT2D eigenvalue weighted by Gasteiger charge is 2.22. The fourth-order valence-corrected chi connectivity index (χ4v) is 4.58. The number of hydrogen-bond donors (Lipinski definition) is 0. The molecule has 2 aliphatic rings. The minimum absolute atomic E-state index is 0.204. The normalized spacial score (nSPS) is 21.2. The van der Waals surface area contributed by atoms with Gasteiger partial charge in [0.2, 0.25) is 6.41 Å². The Kier molecular flexibility index (Phi) is 6.75. The standard InChI is InChI=1S/C24H33N5O/c1-19(2)28-15-13-27(14-16-28)17-22-10-11-23(26-25-22)20-6-8-21(9-7-20)24-5-3-4-12-29(24)18-30/h6-11,18-19,24H,3-5,12-17H2,1-2H3. The topological polar surface area (TPSA) is 52.6 Å². The maximum Gasteiger partial charge on any atom is 0.210 e. The van der Waals surface area contributed by atoms with Crippen molar-refractivity contribution in [3.8, 4) is 11.3 Å². The van der Waals surface area contributed by atoms with Gasteiger partial charge in [-0.2, -0.15) is 10.2 Å². The summed E-state index contributed by atoms with van der Waals surface area (Å²) in [5, 5.41) is 8.96. The second-order valence-corrected chi connectivity index (χ2v) is 8.79. The lowest BCUT2D eigenvalue weighted by atomic mass is 9.95. The minimum atomic E-state index is 0.204. The SMILES string of the molecule is CC(C)N1CCN(Cc2ccc(-c3ccc(C4CCCCN4C=O)cc3)nn2)CC1. The Labute approximate surface area is 179 Å². The van der Waals surface area contributed by atoms with E-state index in [1.54, 1.807) is 0 Å². The molecule has 3 heterocycles. The molecule has 2 saturated heterocycles. The second kappa shape index (κ2) is 9.67. The molecule has 160 valence electrons. The molecular formula is C24H33N5O. The van der Waals surface area contributed by atoms with Crippen LogP contribution in [0.4, 0.5) is 0 Å². The lowest BCUT2D eigenvalue weighted by molar-refractivity contribution is -0.121. The average Bonchev–Trinajstić information content (AvgIpc) is 2.80. The van der Waals surface area contributed by atoms with Crippen LogP contribution in [0, 0.1) is 0 Å². The van der Waals surface area contributed by atoms with Crippen molar-refractivity contribution in [2.45, 2.75) is 51.7 Å². The van der Waals surface area contributed by atoms with E-state index in [-0.39, 0.29) is 6.04 Å². The van der Waals surface area contributed by atoms with Gasteiger partial charge in [0.05, 0.1) is 17.4 Å². The lowest BCUT2D eigenvalue weighted by Gasteiger charge is -2.36. The molecule has 1 unspecified atom stereocenters. The minimum Gasteiger partial charge on any atom is -0.338 e. The number of amides is 1. The van der Waals surface area contributed by atoms with Gasteiger partial charge in [-0.25, -0.2) is 0 Å². The molecule has 0 aliphatic carbocycles. The van der Waals surface area contributed by atoms with Crippen LogP contribution in [0.3, 0.4) is 0 Å². The van der Waals surface area contributed by atoms with E-state index in [2.05, 4.69) is 70.2 Å². The van der Waals surface area contributed by atoms with E-state index in [0.29, 0.717) is 6.04 Å². The number of rotatable bonds is 6. The number of piperazine rings is 1. The van der Waals surface area contributed by atoms with Crippen LogP contribution in [0.5, 0.6) is 0 Å². The first-order chi connectivity index (χ1) is 14.6. The molecule has 0 spiro atoms. The summed E-state index contributed by atoms with van der Waals surface area (Å²) in [5.74, 6) is 0. The monoisotopic (exact) mass is 407 g/mol. The van der Waals surface area contributed by atoms with E-state index in [1.807, 2.05) is 4.90 Å². The summed E-state index contributed by atoms with van der Waals surface area (Å²) < 4.78 is 0. The molecule has 1 aromatic heterocycles. The van der Waals surface area contributed by atoms with E-state index >= 15 is 0 Å². The summed E-state index contributed by atoms with van der Waals surface area (Å²) in [6.07, 6.45) is 4.31. The molecule has 6 nitrogen and oxygen atoms in total. The largest absolute Gasteiger partial charge is 0.338 e. The lowest BCUT2D eigenvalue weighted by Crippen LogP contribution is -2.48. The number of likely N-dealkylation sites (tertiary alicyclic amines) is 1. The molecular weight excluding hydrogens is 374 g/mol. The number of carbonyl (C=O) groups is 1. The van der Waals surface area contributed by atoms with Crippen molar-refractivity contribution in [2.75, 3.05) is 32.7 Å². The zero-order valence-corrected chi connectivity index (χ0v) is 18.2. The number of benzene rings is 1. The Morgan fingerprint density at radius 3 is 2.37 bits per heavy atom. The van der Waals surface area contributed by atoms with Crippen molar-refractivity contribution in [2.24, 2.45) is 0 Å². The number of hydrogen-bond acceptors (Lipinski definition) is 5. The van der Waals surface area contributed by atoms with Crippen LogP contribution >= 0.6 is 0 Å². The Morgan fingerprint density at radius 1 is 0.967 bits per heavy atom. The predicted octanol–water partition coefficient (Wildman–Crippen LogP) is 3.35. The fraction of sp³-hybridized carbons (Fsp3) is 0.542. The molecule has 1 atom stereocenters. The number of carbonyl (C=O) groups excluding carboxylic acids is 1. The molecule has 2 aromatic rings. The van der Waals surface area contributed by atoms with E-state index in [9.17, 15) is 4.79 Å². The van der Waals surface area contributed by atoms with Crippen molar-refractivity contribution in [1.82, 2.24) is 24.9 Å². The van der Waals surface area contributed by atoms with Crippen LogP contribution in [0.15, 0.2) is 36.4 Å². The maximum atomic E-state index is 11.4. The average molecular weight is 408 g/mol. The zero-order chi connectivity index (χ0) is 20.9. The summed E-state index contributed by atoms with van der Waals surface area (Å²) in [7, 11) is 0. The van der Waals surface area contributed by atoms with Crippen molar-refractivity contribution in [3.05, 3.63) is 47.7 Å². The van der Waals surface area contributed by atoms with E-state index in [1.165, 1.54) is 12.0 Å². The van der Waals surface area contributed by atoms with Crippen LogP contribution in [0.2, 0.25) is 0 Å². The van der Waals surface area contributed by atoms with Gasteiger partial charge >= 0.3 is 0 Å². The highest BCUT2D eigenvalue weighted by atomic mass is 16.1. The second-order valence-electron chi connectivity index (χ2n) is 8.79. The predicted molar refractivity (Wildman–Crippen MR) is 119 cm³/mol. The highest BCUT2D eigenvalue weighted by Crippen LogP contribution is 2.30. The Bertz CT molecular complexity index is 812. The molecule has 2 aliphatic heterocycles. The Morgan fingerprint density at radius 2 is 1.73 bits per heavy atom. The van der Waals surface area contributed by atoms with Crippen molar-refractivity contribution < 1.29 is 4.79 Å². The van der Waals surface area contributed by atoms with Crippen molar-refractivity contribution in [1.29, 1.82) is 0 Å². The summed E-state index contributed by atoms with van der Waals surface area (Å²) in [6.45, 7) is 10.7. The quantitative estimate of drug-likeness (QED) is 0.688. The summed E-state index contributed by atoms with van der Waals surface area (Å²) in [4.78, 5) is 18.3.